The van der Waals surface area contributed by atoms with Crippen LogP contribution >= 0.6 is 0 Å². The van der Waals surface area contributed by atoms with Crippen molar-refractivity contribution in [2.24, 2.45) is 0 Å². The van der Waals surface area contributed by atoms with E-state index in [4.69, 9.17) is 9.26 Å². The Morgan fingerprint density at radius 3 is 2.89 bits per heavy atom. The Bertz CT molecular complexity index is 510. The first-order valence-corrected chi connectivity index (χ1v) is 6.19. The van der Waals surface area contributed by atoms with Crippen molar-refractivity contribution in [2.75, 3.05) is 7.11 Å². The van der Waals surface area contributed by atoms with Gasteiger partial charge in [0.2, 0.25) is 11.8 Å². The molecule has 0 aliphatic rings. The summed E-state index contributed by atoms with van der Waals surface area (Å²) in [6.07, 6.45) is 2.89. The van der Waals surface area contributed by atoms with E-state index >= 15 is 0 Å². The van der Waals surface area contributed by atoms with E-state index < -0.39 is 6.10 Å². The molecule has 6 nitrogen and oxygen atoms in total. The lowest BCUT2D eigenvalue weighted by Gasteiger charge is -2.01. The third-order valence-electron chi connectivity index (χ3n) is 2.76. The minimum atomic E-state index is -0.434. The maximum absolute atomic E-state index is 9.52. The first-order valence-electron chi connectivity index (χ1n) is 6.19. The summed E-state index contributed by atoms with van der Waals surface area (Å²) in [5, 5.41) is 13.4. The molecular weight excluding hydrogens is 246 g/mol. The highest BCUT2D eigenvalue weighted by Gasteiger charge is 2.11. The van der Waals surface area contributed by atoms with Gasteiger partial charge in [-0.3, -0.25) is 0 Å². The third-order valence-corrected chi connectivity index (χ3v) is 2.76. The lowest BCUT2D eigenvalue weighted by molar-refractivity contribution is 0.158. The molecule has 2 aromatic heterocycles. The van der Waals surface area contributed by atoms with E-state index in [0.29, 0.717) is 36.9 Å². The van der Waals surface area contributed by atoms with Crippen molar-refractivity contribution in [3.63, 3.8) is 0 Å². The molecule has 0 fully saturated rings. The predicted molar refractivity (Wildman–Crippen MR) is 67.9 cm³/mol. The van der Waals surface area contributed by atoms with Crippen molar-refractivity contribution in [1.29, 1.82) is 0 Å². The summed E-state index contributed by atoms with van der Waals surface area (Å²) in [6.45, 7) is 1.91. The van der Waals surface area contributed by atoms with Gasteiger partial charge in [0.05, 0.1) is 19.6 Å². The van der Waals surface area contributed by atoms with Crippen LogP contribution in [-0.2, 0) is 12.8 Å². The van der Waals surface area contributed by atoms with Crippen LogP contribution in [0.2, 0.25) is 0 Å². The summed E-state index contributed by atoms with van der Waals surface area (Å²) in [5.74, 6) is 1.62. The number of nitrogens with zero attached hydrogens (tertiary/aromatic N) is 3. The van der Waals surface area contributed by atoms with E-state index in [2.05, 4.69) is 15.1 Å². The second kappa shape index (κ2) is 6.29. The van der Waals surface area contributed by atoms with Crippen LogP contribution < -0.4 is 4.74 Å². The largest absolute Gasteiger partial charge is 0.481 e. The number of hydrogen-bond donors (Lipinski definition) is 1. The van der Waals surface area contributed by atoms with Crippen LogP contribution in [-0.4, -0.2) is 33.4 Å². The van der Waals surface area contributed by atoms with Crippen molar-refractivity contribution in [1.82, 2.24) is 15.1 Å². The fourth-order valence-corrected chi connectivity index (χ4v) is 1.61. The predicted octanol–water partition coefficient (Wildman–Crippen LogP) is 1.38. The number of ether oxygens (including phenoxy) is 1. The summed E-state index contributed by atoms with van der Waals surface area (Å²) >= 11 is 0. The number of pyridine rings is 1. The zero-order valence-corrected chi connectivity index (χ0v) is 11.0. The van der Waals surface area contributed by atoms with E-state index in [0.717, 1.165) is 5.56 Å². The number of aliphatic hydroxyl groups is 1. The summed E-state index contributed by atoms with van der Waals surface area (Å²) in [5.41, 5.74) is 0.976. The van der Waals surface area contributed by atoms with Crippen LogP contribution in [0.4, 0.5) is 0 Å². The molecule has 19 heavy (non-hydrogen) atoms. The molecule has 0 aromatic carbocycles. The highest BCUT2D eigenvalue weighted by atomic mass is 16.5. The minimum Gasteiger partial charge on any atom is -0.481 e. The highest BCUT2D eigenvalue weighted by Crippen LogP contribution is 2.11. The lowest BCUT2D eigenvalue weighted by atomic mass is 10.2. The number of aliphatic hydroxyl groups excluding tert-OH is 1. The van der Waals surface area contributed by atoms with Crippen LogP contribution in [0.1, 0.15) is 30.6 Å². The molecule has 0 spiro atoms. The number of hydrogen-bond acceptors (Lipinski definition) is 6. The Hall–Kier alpha value is -1.95. The van der Waals surface area contributed by atoms with Gasteiger partial charge in [0.1, 0.15) is 0 Å². The van der Waals surface area contributed by atoms with Gasteiger partial charge < -0.3 is 14.4 Å². The van der Waals surface area contributed by atoms with Crippen LogP contribution in [0.5, 0.6) is 5.88 Å². The molecule has 102 valence electrons. The minimum absolute atomic E-state index is 0.393. The van der Waals surface area contributed by atoms with E-state index in [1.165, 1.54) is 0 Å². The lowest BCUT2D eigenvalue weighted by Crippen LogP contribution is -2.08. The molecule has 0 amide bonds. The van der Waals surface area contributed by atoms with Crippen LogP contribution in [0, 0.1) is 0 Å². The van der Waals surface area contributed by atoms with Gasteiger partial charge in [-0.2, -0.15) is 4.98 Å². The monoisotopic (exact) mass is 263 g/mol. The maximum Gasteiger partial charge on any atom is 0.229 e. The molecule has 0 aliphatic carbocycles. The normalized spacial score (nSPS) is 12.4. The SMILES string of the molecule is CCC(O)Cc1nc(Cc2ccc(OC)nc2)no1. The molecule has 0 radical (unpaired) electrons. The zero-order chi connectivity index (χ0) is 13.7. The topological polar surface area (TPSA) is 81.3 Å². The molecule has 0 saturated heterocycles. The zero-order valence-electron chi connectivity index (χ0n) is 11.0. The smallest absolute Gasteiger partial charge is 0.229 e. The average molecular weight is 263 g/mol. The molecule has 6 heteroatoms. The van der Waals surface area contributed by atoms with Crippen LogP contribution in [0.3, 0.4) is 0 Å². The van der Waals surface area contributed by atoms with E-state index in [1.807, 2.05) is 13.0 Å². The second-order valence-electron chi connectivity index (χ2n) is 4.26. The van der Waals surface area contributed by atoms with E-state index in [9.17, 15) is 5.11 Å². The Balaban J connectivity index is 1.98. The Kier molecular flexibility index (Phi) is 4.46. The first-order chi connectivity index (χ1) is 9.21. The number of methoxy groups -OCH3 is 1. The third kappa shape index (κ3) is 3.75. The quantitative estimate of drug-likeness (QED) is 0.848. The molecule has 1 N–H and O–H groups in total. The van der Waals surface area contributed by atoms with Gasteiger partial charge in [-0.1, -0.05) is 18.1 Å². The van der Waals surface area contributed by atoms with Crippen molar-refractivity contribution in [2.45, 2.75) is 32.3 Å². The Morgan fingerprint density at radius 2 is 2.26 bits per heavy atom. The molecule has 0 saturated carbocycles. The van der Waals surface area contributed by atoms with Crippen molar-refractivity contribution in [3.8, 4) is 5.88 Å². The van der Waals surface area contributed by atoms with E-state index in [-0.39, 0.29) is 0 Å². The van der Waals surface area contributed by atoms with Gasteiger partial charge in [-0.25, -0.2) is 4.98 Å². The first kappa shape index (κ1) is 13.5. The number of aromatic nitrogens is 3. The van der Waals surface area contributed by atoms with Crippen LogP contribution in [0.25, 0.3) is 0 Å². The van der Waals surface area contributed by atoms with Gasteiger partial charge in [0.25, 0.3) is 0 Å². The molecule has 1 unspecified atom stereocenters. The van der Waals surface area contributed by atoms with Gasteiger partial charge >= 0.3 is 0 Å². The molecule has 2 aromatic rings. The average Bonchev–Trinajstić information content (AvgIpc) is 2.86. The summed E-state index contributed by atoms with van der Waals surface area (Å²) in [4.78, 5) is 8.35. The molecule has 0 aliphatic heterocycles. The summed E-state index contributed by atoms with van der Waals surface area (Å²) in [6, 6.07) is 3.69. The van der Waals surface area contributed by atoms with Gasteiger partial charge in [-0.05, 0) is 12.0 Å². The Morgan fingerprint density at radius 1 is 1.42 bits per heavy atom. The fraction of sp³-hybridized carbons (Fsp3) is 0.462. The van der Waals surface area contributed by atoms with Gasteiger partial charge in [-0.15, -0.1) is 0 Å². The standard InChI is InChI=1S/C13H17N3O3/c1-3-10(17)7-13-15-11(16-19-13)6-9-4-5-12(18-2)14-8-9/h4-5,8,10,17H,3,6-7H2,1-2H3. The van der Waals surface area contributed by atoms with Gasteiger partial charge in [0.15, 0.2) is 5.82 Å². The maximum atomic E-state index is 9.52. The van der Waals surface area contributed by atoms with Crippen LogP contribution in [0.15, 0.2) is 22.9 Å². The molecule has 1 atom stereocenters. The fourth-order valence-electron chi connectivity index (χ4n) is 1.61. The van der Waals surface area contributed by atoms with Crippen molar-refractivity contribution < 1.29 is 14.4 Å². The molecular formula is C13H17N3O3. The molecule has 0 bridgehead atoms. The van der Waals surface area contributed by atoms with Crippen molar-refractivity contribution >= 4 is 0 Å². The highest BCUT2D eigenvalue weighted by molar-refractivity contribution is 5.20. The molecule has 2 heterocycles. The molecule has 2 rings (SSSR count). The van der Waals surface area contributed by atoms with Gasteiger partial charge in [0, 0.05) is 18.7 Å². The van der Waals surface area contributed by atoms with E-state index in [1.54, 1.807) is 19.4 Å². The van der Waals surface area contributed by atoms with Crippen molar-refractivity contribution in [3.05, 3.63) is 35.6 Å². The Labute approximate surface area is 111 Å². The summed E-state index contributed by atoms with van der Waals surface area (Å²) in [7, 11) is 1.58. The summed E-state index contributed by atoms with van der Waals surface area (Å²) < 4.78 is 10.1. The second-order valence-corrected chi connectivity index (χ2v) is 4.26. The number of rotatable bonds is 6.